The van der Waals surface area contributed by atoms with Crippen LogP contribution in [0.25, 0.3) is 0 Å². The highest BCUT2D eigenvalue weighted by Gasteiger charge is 2.54. The lowest BCUT2D eigenvalue weighted by atomic mass is 9.78. The van der Waals surface area contributed by atoms with Gasteiger partial charge in [0, 0.05) is 44.1 Å². The van der Waals surface area contributed by atoms with Crippen LogP contribution in [-0.2, 0) is 6.54 Å². The molecule has 5 heteroatoms. The number of Topliss-reactive ketones (excluding diaryl/α,β-unsaturated/α-hetero) is 1. The standard InChI is InChI=1S/C21H23N3O2/c1-3-24-18-13-23(12-15-7-6-10-22-11-15)14-21(18,2)19(25)16-8-4-5-9-17(16)20(24)26/h4-11,18H,3,12-14H2,1-2H3/t18-,21+/m1/s1. The minimum Gasteiger partial charge on any atom is -0.334 e. The van der Waals surface area contributed by atoms with Crippen molar-refractivity contribution in [2.45, 2.75) is 26.4 Å². The largest absolute Gasteiger partial charge is 0.334 e. The van der Waals surface area contributed by atoms with Gasteiger partial charge in [0.2, 0.25) is 0 Å². The van der Waals surface area contributed by atoms with Crippen molar-refractivity contribution in [2.75, 3.05) is 19.6 Å². The molecule has 134 valence electrons. The van der Waals surface area contributed by atoms with Crippen molar-refractivity contribution >= 4 is 11.7 Å². The van der Waals surface area contributed by atoms with E-state index in [-0.39, 0.29) is 17.7 Å². The highest BCUT2D eigenvalue weighted by atomic mass is 16.2. The van der Waals surface area contributed by atoms with Crippen LogP contribution < -0.4 is 0 Å². The summed E-state index contributed by atoms with van der Waals surface area (Å²) in [4.78, 5) is 34.9. The van der Waals surface area contributed by atoms with Crippen molar-refractivity contribution in [3.63, 3.8) is 0 Å². The van der Waals surface area contributed by atoms with Crippen molar-refractivity contribution in [1.82, 2.24) is 14.8 Å². The Morgan fingerprint density at radius 3 is 2.62 bits per heavy atom. The second-order valence-corrected chi connectivity index (χ2v) is 7.43. The molecule has 1 saturated heterocycles. The summed E-state index contributed by atoms with van der Waals surface area (Å²) in [5.41, 5.74) is 1.62. The number of hydrogen-bond donors (Lipinski definition) is 0. The molecule has 2 aliphatic heterocycles. The summed E-state index contributed by atoms with van der Waals surface area (Å²) in [6.07, 6.45) is 3.62. The number of likely N-dealkylation sites (N-methyl/N-ethyl adjacent to an activating group) is 1. The fraction of sp³-hybridized carbons (Fsp3) is 0.381. The molecule has 1 aromatic heterocycles. The van der Waals surface area contributed by atoms with Gasteiger partial charge in [0.25, 0.3) is 5.91 Å². The van der Waals surface area contributed by atoms with Gasteiger partial charge in [-0.25, -0.2) is 0 Å². The van der Waals surface area contributed by atoms with Crippen LogP contribution in [0.3, 0.4) is 0 Å². The van der Waals surface area contributed by atoms with Crippen molar-refractivity contribution in [2.24, 2.45) is 5.41 Å². The number of benzene rings is 1. The van der Waals surface area contributed by atoms with Gasteiger partial charge >= 0.3 is 0 Å². The third-order valence-electron chi connectivity index (χ3n) is 5.75. The second kappa shape index (κ2) is 6.32. The first-order valence-corrected chi connectivity index (χ1v) is 9.10. The number of nitrogens with zero attached hydrogens (tertiary/aromatic N) is 3. The SMILES string of the molecule is CCN1C(=O)c2ccccc2C(=O)[C@@]2(C)CN(Cc3cccnc3)C[C@@H]12. The number of ketones is 1. The first-order valence-electron chi connectivity index (χ1n) is 9.10. The predicted molar refractivity (Wildman–Crippen MR) is 98.9 cm³/mol. The molecule has 0 radical (unpaired) electrons. The summed E-state index contributed by atoms with van der Waals surface area (Å²) < 4.78 is 0. The molecule has 2 atom stereocenters. The Labute approximate surface area is 153 Å². The maximum absolute atomic E-state index is 13.4. The van der Waals surface area contributed by atoms with Crippen LogP contribution in [0.4, 0.5) is 0 Å². The Morgan fingerprint density at radius 2 is 1.92 bits per heavy atom. The molecule has 0 spiro atoms. The van der Waals surface area contributed by atoms with E-state index in [0.717, 1.165) is 12.1 Å². The molecule has 2 aromatic rings. The Hall–Kier alpha value is -2.53. The van der Waals surface area contributed by atoms with Crippen LogP contribution >= 0.6 is 0 Å². The molecular formula is C21H23N3O2. The smallest absolute Gasteiger partial charge is 0.254 e. The number of carbonyl (C=O) groups excluding carboxylic acids is 2. The summed E-state index contributed by atoms with van der Waals surface area (Å²) in [7, 11) is 0. The first kappa shape index (κ1) is 16.9. The highest BCUT2D eigenvalue weighted by molar-refractivity contribution is 6.12. The average Bonchev–Trinajstić information content (AvgIpc) is 2.97. The molecule has 0 aliphatic carbocycles. The van der Waals surface area contributed by atoms with E-state index in [1.807, 2.05) is 49.2 Å². The van der Waals surface area contributed by atoms with Crippen LogP contribution in [0.2, 0.25) is 0 Å². The Kier molecular flexibility index (Phi) is 4.11. The molecule has 0 unspecified atom stereocenters. The molecule has 1 aromatic carbocycles. The zero-order valence-corrected chi connectivity index (χ0v) is 15.2. The van der Waals surface area contributed by atoms with Gasteiger partial charge in [0.1, 0.15) is 0 Å². The highest BCUT2D eigenvalue weighted by Crippen LogP contribution is 2.41. The van der Waals surface area contributed by atoms with E-state index in [9.17, 15) is 9.59 Å². The van der Waals surface area contributed by atoms with Gasteiger partial charge in [-0.15, -0.1) is 0 Å². The minimum atomic E-state index is -0.597. The number of rotatable bonds is 3. The van der Waals surface area contributed by atoms with Gasteiger partial charge in [-0.3, -0.25) is 19.5 Å². The fourth-order valence-electron chi connectivity index (χ4n) is 4.45. The first-order chi connectivity index (χ1) is 12.5. The van der Waals surface area contributed by atoms with E-state index in [1.165, 1.54) is 0 Å². The van der Waals surface area contributed by atoms with Crippen molar-refractivity contribution < 1.29 is 9.59 Å². The van der Waals surface area contributed by atoms with E-state index < -0.39 is 5.41 Å². The number of likely N-dealkylation sites (tertiary alicyclic amines) is 1. The monoisotopic (exact) mass is 349 g/mol. The summed E-state index contributed by atoms with van der Waals surface area (Å²) in [6, 6.07) is 11.1. The molecule has 3 heterocycles. The van der Waals surface area contributed by atoms with Crippen molar-refractivity contribution in [3.05, 3.63) is 65.5 Å². The summed E-state index contributed by atoms with van der Waals surface area (Å²) in [5.74, 6) is 0.0458. The minimum absolute atomic E-state index is 0.0339. The van der Waals surface area contributed by atoms with Crippen molar-refractivity contribution in [3.8, 4) is 0 Å². The zero-order valence-electron chi connectivity index (χ0n) is 15.2. The topological polar surface area (TPSA) is 53.5 Å². The van der Waals surface area contributed by atoms with Crippen LogP contribution in [0.15, 0.2) is 48.8 Å². The molecule has 1 fully saturated rings. The molecule has 0 N–H and O–H groups in total. The number of amides is 1. The van der Waals surface area contributed by atoms with Gasteiger partial charge in [0.15, 0.2) is 5.78 Å². The number of hydrogen-bond acceptors (Lipinski definition) is 4. The summed E-state index contributed by atoms with van der Waals surface area (Å²) in [6.45, 7) is 6.68. The third-order valence-corrected chi connectivity index (χ3v) is 5.75. The molecule has 2 aliphatic rings. The molecule has 0 saturated carbocycles. The molecule has 4 rings (SSSR count). The van der Waals surface area contributed by atoms with Crippen LogP contribution in [0, 0.1) is 5.41 Å². The van der Waals surface area contributed by atoms with Crippen LogP contribution in [0.5, 0.6) is 0 Å². The van der Waals surface area contributed by atoms with E-state index in [1.54, 1.807) is 18.3 Å². The van der Waals surface area contributed by atoms with Gasteiger partial charge < -0.3 is 4.90 Å². The van der Waals surface area contributed by atoms with Crippen molar-refractivity contribution in [1.29, 1.82) is 0 Å². The maximum atomic E-state index is 13.4. The Bertz CT molecular complexity index is 851. The molecule has 5 nitrogen and oxygen atoms in total. The van der Waals surface area contributed by atoms with E-state index >= 15 is 0 Å². The van der Waals surface area contributed by atoms with Crippen LogP contribution in [-0.4, -0.2) is 52.2 Å². The number of aromatic nitrogens is 1. The van der Waals surface area contributed by atoms with E-state index in [2.05, 4.69) is 9.88 Å². The maximum Gasteiger partial charge on any atom is 0.254 e. The molecule has 26 heavy (non-hydrogen) atoms. The summed E-state index contributed by atoms with van der Waals surface area (Å²) in [5, 5.41) is 0. The quantitative estimate of drug-likeness (QED) is 0.855. The Balaban J connectivity index is 1.72. The lowest BCUT2D eigenvalue weighted by Crippen LogP contribution is -2.49. The van der Waals surface area contributed by atoms with Crippen LogP contribution in [0.1, 0.15) is 40.1 Å². The fourth-order valence-corrected chi connectivity index (χ4v) is 4.45. The molecule has 1 amide bonds. The lowest BCUT2D eigenvalue weighted by molar-refractivity contribution is 0.0560. The van der Waals surface area contributed by atoms with E-state index in [0.29, 0.717) is 30.8 Å². The van der Waals surface area contributed by atoms with E-state index in [4.69, 9.17) is 0 Å². The second-order valence-electron chi connectivity index (χ2n) is 7.43. The number of pyridine rings is 1. The zero-order chi connectivity index (χ0) is 18.3. The van der Waals surface area contributed by atoms with Gasteiger partial charge in [0.05, 0.1) is 17.0 Å². The Morgan fingerprint density at radius 1 is 1.15 bits per heavy atom. The lowest BCUT2D eigenvalue weighted by Gasteiger charge is -2.34. The van der Waals surface area contributed by atoms with Gasteiger partial charge in [-0.1, -0.05) is 24.3 Å². The normalized spacial score (nSPS) is 25.8. The molecular weight excluding hydrogens is 326 g/mol. The van der Waals surface area contributed by atoms with Gasteiger partial charge in [-0.2, -0.15) is 0 Å². The third kappa shape index (κ3) is 2.54. The molecule has 0 bridgehead atoms. The number of fused-ring (bicyclic) bond motifs is 2. The van der Waals surface area contributed by atoms with Gasteiger partial charge in [-0.05, 0) is 31.5 Å². The predicted octanol–water partition coefficient (Wildman–Crippen LogP) is 2.63. The number of carbonyl (C=O) groups is 2. The summed E-state index contributed by atoms with van der Waals surface area (Å²) >= 11 is 0. The average molecular weight is 349 g/mol.